The number of ketones is 1. The van der Waals surface area contributed by atoms with Gasteiger partial charge in [0.2, 0.25) is 0 Å². The SMILES string of the molecule is CC1=C(C)C[C@]2(C)C(=O)[C@](C)(C1)C[C@H]2c1ccccc1. The molecule has 0 heterocycles. The lowest BCUT2D eigenvalue weighted by Crippen LogP contribution is -2.32. The van der Waals surface area contributed by atoms with Crippen LogP contribution in [0.2, 0.25) is 0 Å². The topological polar surface area (TPSA) is 17.1 Å². The smallest absolute Gasteiger partial charge is 0.145 e. The lowest BCUT2D eigenvalue weighted by atomic mass is 9.71. The van der Waals surface area contributed by atoms with Crippen LogP contribution in [0.4, 0.5) is 0 Å². The Labute approximate surface area is 122 Å². The van der Waals surface area contributed by atoms with Gasteiger partial charge < -0.3 is 0 Å². The Bertz CT molecular complexity index is 583. The molecule has 0 aliphatic heterocycles. The summed E-state index contributed by atoms with van der Waals surface area (Å²) in [5.41, 5.74) is 3.79. The van der Waals surface area contributed by atoms with Gasteiger partial charge in [0.05, 0.1) is 0 Å². The highest BCUT2D eigenvalue weighted by atomic mass is 16.1. The van der Waals surface area contributed by atoms with Crippen molar-refractivity contribution in [1.29, 1.82) is 0 Å². The van der Waals surface area contributed by atoms with Crippen LogP contribution >= 0.6 is 0 Å². The number of carbonyl (C=O) groups excluding carboxylic acids is 1. The Morgan fingerprint density at radius 2 is 1.60 bits per heavy atom. The molecule has 20 heavy (non-hydrogen) atoms. The van der Waals surface area contributed by atoms with Gasteiger partial charge in [-0.15, -0.1) is 0 Å². The Kier molecular flexibility index (Phi) is 2.93. The molecule has 2 bridgehead atoms. The third-order valence-electron chi connectivity index (χ3n) is 5.71. The quantitative estimate of drug-likeness (QED) is 0.663. The first kappa shape index (κ1) is 13.6. The molecule has 3 atom stereocenters. The summed E-state index contributed by atoms with van der Waals surface area (Å²) in [4.78, 5) is 13.1. The summed E-state index contributed by atoms with van der Waals surface area (Å²) in [6.07, 6.45) is 2.86. The molecule has 0 spiro atoms. The van der Waals surface area contributed by atoms with Gasteiger partial charge in [-0.05, 0) is 44.6 Å². The van der Waals surface area contributed by atoms with Gasteiger partial charge in [-0.3, -0.25) is 4.79 Å². The van der Waals surface area contributed by atoms with Crippen molar-refractivity contribution in [3.63, 3.8) is 0 Å². The molecule has 1 aromatic rings. The summed E-state index contributed by atoms with van der Waals surface area (Å²) in [6.45, 7) is 8.79. The number of hydrogen-bond donors (Lipinski definition) is 0. The first-order valence-electron chi connectivity index (χ1n) is 7.62. The molecular formula is C19H24O. The fraction of sp³-hybridized carbons (Fsp3) is 0.526. The molecule has 1 heteroatoms. The van der Waals surface area contributed by atoms with Crippen LogP contribution in [0.1, 0.15) is 58.4 Å². The number of carbonyl (C=O) groups is 1. The van der Waals surface area contributed by atoms with Crippen molar-refractivity contribution >= 4 is 5.78 Å². The van der Waals surface area contributed by atoms with Gasteiger partial charge in [0.25, 0.3) is 0 Å². The van der Waals surface area contributed by atoms with E-state index in [0.717, 1.165) is 19.3 Å². The lowest BCUT2D eigenvalue weighted by Gasteiger charge is -2.31. The Balaban J connectivity index is 2.12. The number of benzene rings is 1. The molecule has 1 aromatic carbocycles. The fourth-order valence-corrected chi connectivity index (χ4v) is 4.58. The Hall–Kier alpha value is -1.37. The first-order valence-corrected chi connectivity index (χ1v) is 7.62. The molecule has 1 saturated carbocycles. The Morgan fingerprint density at radius 3 is 2.25 bits per heavy atom. The minimum Gasteiger partial charge on any atom is -0.298 e. The van der Waals surface area contributed by atoms with E-state index in [1.165, 1.54) is 16.7 Å². The predicted octanol–water partition coefficient (Wildman–Crippen LogP) is 4.89. The maximum absolute atomic E-state index is 13.1. The summed E-state index contributed by atoms with van der Waals surface area (Å²) in [6, 6.07) is 10.6. The van der Waals surface area contributed by atoms with Crippen molar-refractivity contribution in [2.24, 2.45) is 10.8 Å². The van der Waals surface area contributed by atoms with E-state index >= 15 is 0 Å². The van der Waals surface area contributed by atoms with Crippen LogP contribution in [0.25, 0.3) is 0 Å². The molecule has 2 aliphatic carbocycles. The molecule has 1 fully saturated rings. The minimum absolute atomic E-state index is 0.170. The number of fused-ring (bicyclic) bond motifs is 2. The number of allylic oxidation sites excluding steroid dienone is 2. The minimum atomic E-state index is -0.224. The second-order valence-electron chi connectivity index (χ2n) is 7.39. The van der Waals surface area contributed by atoms with Crippen LogP contribution in [-0.2, 0) is 4.79 Å². The average Bonchev–Trinajstić information content (AvgIpc) is 2.58. The van der Waals surface area contributed by atoms with E-state index in [0.29, 0.717) is 11.7 Å². The van der Waals surface area contributed by atoms with Crippen LogP contribution in [0.3, 0.4) is 0 Å². The highest BCUT2D eigenvalue weighted by Gasteiger charge is 2.58. The second-order valence-corrected chi connectivity index (χ2v) is 7.39. The number of Topliss-reactive ketones (excluding diaryl/α,β-unsaturated/α-hetero) is 1. The zero-order valence-electron chi connectivity index (χ0n) is 13.0. The molecule has 0 radical (unpaired) electrons. The average molecular weight is 268 g/mol. The standard InChI is InChI=1S/C19H24O/c1-13-10-18(3)12-16(15-8-6-5-7-9-15)19(4,17(18)20)11-14(13)2/h5-9,16H,10-12H2,1-4H3/t16-,18+,19-/m0/s1. The van der Waals surface area contributed by atoms with Gasteiger partial charge in [-0.25, -0.2) is 0 Å². The van der Waals surface area contributed by atoms with Crippen LogP contribution in [0, 0.1) is 10.8 Å². The summed E-state index contributed by atoms with van der Waals surface area (Å²) in [5.74, 6) is 0.847. The summed E-state index contributed by atoms with van der Waals surface area (Å²) in [5, 5.41) is 0. The second kappa shape index (κ2) is 4.31. The molecule has 0 unspecified atom stereocenters. The molecule has 0 saturated heterocycles. The van der Waals surface area contributed by atoms with Crippen molar-refractivity contribution in [3.05, 3.63) is 47.0 Å². The van der Waals surface area contributed by atoms with E-state index in [1.807, 2.05) is 0 Å². The van der Waals surface area contributed by atoms with Crippen molar-refractivity contribution in [3.8, 4) is 0 Å². The van der Waals surface area contributed by atoms with Gasteiger partial charge in [-0.2, -0.15) is 0 Å². The van der Waals surface area contributed by atoms with E-state index in [9.17, 15) is 4.79 Å². The normalized spacial score (nSPS) is 37.2. The zero-order valence-corrected chi connectivity index (χ0v) is 13.0. The summed E-state index contributed by atoms with van der Waals surface area (Å²) in [7, 11) is 0. The van der Waals surface area contributed by atoms with E-state index in [1.54, 1.807) is 0 Å². The predicted molar refractivity (Wildman–Crippen MR) is 82.6 cm³/mol. The van der Waals surface area contributed by atoms with Crippen molar-refractivity contribution in [1.82, 2.24) is 0 Å². The Morgan fingerprint density at radius 1 is 1.00 bits per heavy atom. The van der Waals surface area contributed by atoms with Crippen molar-refractivity contribution in [2.45, 2.75) is 52.9 Å². The maximum atomic E-state index is 13.1. The zero-order chi connectivity index (χ0) is 14.5. The molecule has 106 valence electrons. The molecule has 0 aromatic heterocycles. The van der Waals surface area contributed by atoms with Gasteiger partial charge >= 0.3 is 0 Å². The lowest BCUT2D eigenvalue weighted by molar-refractivity contribution is -0.132. The molecule has 2 aliphatic rings. The van der Waals surface area contributed by atoms with Gasteiger partial charge in [-0.1, -0.05) is 55.3 Å². The van der Waals surface area contributed by atoms with Crippen LogP contribution in [0.15, 0.2) is 41.5 Å². The van der Waals surface area contributed by atoms with Crippen LogP contribution < -0.4 is 0 Å². The van der Waals surface area contributed by atoms with Crippen LogP contribution in [-0.4, -0.2) is 5.78 Å². The van der Waals surface area contributed by atoms with E-state index < -0.39 is 0 Å². The van der Waals surface area contributed by atoms with Gasteiger partial charge in [0.15, 0.2) is 0 Å². The highest BCUT2D eigenvalue weighted by molar-refractivity contribution is 5.94. The monoisotopic (exact) mass is 268 g/mol. The highest BCUT2D eigenvalue weighted by Crippen LogP contribution is 2.61. The molecule has 0 amide bonds. The van der Waals surface area contributed by atoms with E-state index in [4.69, 9.17) is 0 Å². The van der Waals surface area contributed by atoms with Gasteiger partial charge in [0, 0.05) is 10.8 Å². The molecular weight excluding hydrogens is 244 g/mol. The first-order chi connectivity index (χ1) is 9.37. The summed E-state index contributed by atoms with van der Waals surface area (Å²) < 4.78 is 0. The third kappa shape index (κ3) is 1.79. The maximum Gasteiger partial charge on any atom is 0.145 e. The van der Waals surface area contributed by atoms with Crippen molar-refractivity contribution < 1.29 is 4.79 Å². The fourth-order valence-electron chi connectivity index (χ4n) is 4.58. The molecule has 0 N–H and O–H groups in total. The number of rotatable bonds is 1. The van der Waals surface area contributed by atoms with E-state index in [2.05, 4.69) is 58.0 Å². The third-order valence-corrected chi connectivity index (χ3v) is 5.71. The molecule has 1 nitrogen and oxygen atoms in total. The van der Waals surface area contributed by atoms with Crippen LogP contribution in [0.5, 0.6) is 0 Å². The molecule has 3 rings (SSSR count). The van der Waals surface area contributed by atoms with Crippen molar-refractivity contribution in [2.75, 3.05) is 0 Å². The van der Waals surface area contributed by atoms with Gasteiger partial charge in [0.1, 0.15) is 5.78 Å². The summed E-state index contributed by atoms with van der Waals surface area (Å²) >= 11 is 0. The number of hydrogen-bond acceptors (Lipinski definition) is 1. The van der Waals surface area contributed by atoms with E-state index in [-0.39, 0.29) is 10.8 Å². The largest absolute Gasteiger partial charge is 0.298 e.